The number of aromatic nitrogens is 1. The van der Waals surface area contributed by atoms with Crippen LogP contribution in [0.25, 0.3) is 0 Å². The number of carbonyl (C=O) groups is 1. The van der Waals surface area contributed by atoms with Gasteiger partial charge in [0.2, 0.25) is 5.43 Å². The van der Waals surface area contributed by atoms with Crippen LogP contribution < -0.4 is 15.5 Å². The Hall–Kier alpha value is -2.82. The number of rotatable bonds is 11. The Kier molecular flexibility index (Phi) is 9.10. The summed E-state index contributed by atoms with van der Waals surface area (Å²) >= 11 is 0. The van der Waals surface area contributed by atoms with Gasteiger partial charge in [-0.2, -0.15) is 0 Å². The molecule has 170 valence electrons. The highest BCUT2D eigenvalue weighted by atomic mass is 19.1. The van der Waals surface area contributed by atoms with Crippen molar-refractivity contribution in [1.29, 1.82) is 0 Å². The topological polar surface area (TPSA) is 88.0 Å². The fraction of sp³-hybridized carbons (Fsp3) is 0.429. The summed E-state index contributed by atoms with van der Waals surface area (Å²) in [6, 6.07) is 3.35. The first kappa shape index (κ1) is 24.4. The van der Waals surface area contributed by atoms with E-state index in [2.05, 4.69) is 5.32 Å². The molecular formula is C21H26F2N2O6. The fourth-order valence-electron chi connectivity index (χ4n) is 3.03. The van der Waals surface area contributed by atoms with Crippen molar-refractivity contribution in [2.24, 2.45) is 0 Å². The van der Waals surface area contributed by atoms with Crippen molar-refractivity contribution in [2.45, 2.75) is 25.8 Å². The third-order valence-corrected chi connectivity index (χ3v) is 4.67. The molecule has 1 heterocycles. The van der Waals surface area contributed by atoms with Gasteiger partial charge in [-0.1, -0.05) is 6.07 Å². The lowest BCUT2D eigenvalue weighted by Gasteiger charge is -2.20. The van der Waals surface area contributed by atoms with Crippen molar-refractivity contribution < 1.29 is 32.5 Å². The lowest BCUT2D eigenvalue weighted by atomic mass is 10.1. The molecule has 0 aliphatic heterocycles. The van der Waals surface area contributed by atoms with Crippen LogP contribution in [0, 0.1) is 11.6 Å². The van der Waals surface area contributed by atoms with E-state index in [1.165, 1.54) is 51.3 Å². The number of halogens is 2. The van der Waals surface area contributed by atoms with Gasteiger partial charge in [-0.05, 0) is 19.0 Å². The van der Waals surface area contributed by atoms with Gasteiger partial charge in [0.15, 0.2) is 17.7 Å². The van der Waals surface area contributed by atoms with Crippen LogP contribution >= 0.6 is 0 Å². The van der Waals surface area contributed by atoms with Crippen molar-refractivity contribution in [3.8, 4) is 5.75 Å². The lowest BCUT2D eigenvalue weighted by Crippen LogP contribution is -2.30. The Morgan fingerprint density at radius 3 is 2.42 bits per heavy atom. The summed E-state index contributed by atoms with van der Waals surface area (Å²) in [5, 5.41) is 3.01. The summed E-state index contributed by atoms with van der Waals surface area (Å²) in [6.07, 6.45) is 1.11. The maximum absolute atomic E-state index is 13.7. The van der Waals surface area contributed by atoms with Gasteiger partial charge in [0.05, 0.1) is 20.8 Å². The second-order valence-electron chi connectivity index (χ2n) is 6.57. The molecule has 10 heteroatoms. The summed E-state index contributed by atoms with van der Waals surface area (Å²) in [5.41, 5.74) is 0.155. The monoisotopic (exact) mass is 440 g/mol. The molecule has 0 aliphatic rings. The molecule has 1 aromatic heterocycles. The molecule has 0 unspecified atom stereocenters. The summed E-state index contributed by atoms with van der Waals surface area (Å²) in [6.45, 7) is 0.590. The number of methoxy groups -OCH3 is 4. The Labute approximate surface area is 178 Å². The Balaban J connectivity index is 2.25. The predicted molar refractivity (Wildman–Crippen MR) is 108 cm³/mol. The molecule has 1 N–H and O–H groups in total. The number of nitrogens with zero attached hydrogens (tertiary/aromatic N) is 1. The second-order valence-corrected chi connectivity index (χ2v) is 6.57. The van der Waals surface area contributed by atoms with Crippen molar-refractivity contribution in [2.75, 3.05) is 35.0 Å². The van der Waals surface area contributed by atoms with E-state index in [-0.39, 0.29) is 31.0 Å². The van der Waals surface area contributed by atoms with E-state index in [4.69, 9.17) is 18.9 Å². The SMILES string of the molecule is COC(=O)c1c(OC)c(=O)c(CCNCc2ccc(F)cc2F)cn1CC(OC)OC. The minimum absolute atomic E-state index is 0.0563. The summed E-state index contributed by atoms with van der Waals surface area (Å²) in [7, 11) is 5.39. The van der Waals surface area contributed by atoms with Gasteiger partial charge in [0.1, 0.15) is 11.6 Å². The normalized spacial score (nSPS) is 11.1. The Bertz CT molecular complexity index is 960. The number of esters is 1. The molecule has 0 radical (unpaired) electrons. The van der Waals surface area contributed by atoms with Crippen molar-refractivity contribution in [3.63, 3.8) is 0 Å². The highest BCUT2D eigenvalue weighted by Gasteiger charge is 2.24. The average molecular weight is 440 g/mol. The number of benzene rings is 1. The van der Waals surface area contributed by atoms with E-state index < -0.39 is 29.3 Å². The number of hydrogen-bond donors (Lipinski definition) is 1. The number of carbonyl (C=O) groups excluding carboxylic acids is 1. The van der Waals surface area contributed by atoms with Crippen LogP contribution in [-0.2, 0) is 33.7 Å². The molecule has 0 spiro atoms. The van der Waals surface area contributed by atoms with Crippen LogP contribution in [0.15, 0.2) is 29.2 Å². The van der Waals surface area contributed by atoms with Gasteiger partial charge < -0.3 is 28.8 Å². The highest BCUT2D eigenvalue weighted by molar-refractivity contribution is 5.90. The van der Waals surface area contributed by atoms with Gasteiger partial charge in [0, 0.05) is 44.2 Å². The molecule has 0 saturated heterocycles. The third-order valence-electron chi connectivity index (χ3n) is 4.67. The van der Waals surface area contributed by atoms with Gasteiger partial charge in [-0.25, -0.2) is 13.6 Å². The van der Waals surface area contributed by atoms with E-state index >= 15 is 0 Å². The number of hydrogen-bond acceptors (Lipinski definition) is 7. The maximum atomic E-state index is 13.7. The lowest BCUT2D eigenvalue weighted by molar-refractivity contribution is -0.111. The van der Waals surface area contributed by atoms with Crippen molar-refractivity contribution in [1.82, 2.24) is 9.88 Å². The molecule has 2 aromatic rings. The van der Waals surface area contributed by atoms with E-state index in [0.29, 0.717) is 17.7 Å². The van der Waals surface area contributed by atoms with E-state index in [9.17, 15) is 18.4 Å². The molecular weight excluding hydrogens is 414 g/mol. The quantitative estimate of drug-likeness (QED) is 0.324. The smallest absolute Gasteiger partial charge is 0.358 e. The minimum atomic E-state index is -0.739. The van der Waals surface area contributed by atoms with E-state index in [0.717, 1.165) is 6.07 Å². The summed E-state index contributed by atoms with van der Waals surface area (Å²) in [5.74, 6) is -2.19. The molecule has 0 atom stereocenters. The van der Waals surface area contributed by atoms with Crippen molar-refractivity contribution in [3.05, 3.63) is 63.1 Å². The zero-order valence-corrected chi connectivity index (χ0v) is 17.9. The predicted octanol–water partition coefficient (Wildman–Crippen LogP) is 1.87. The Morgan fingerprint density at radius 1 is 1.13 bits per heavy atom. The summed E-state index contributed by atoms with van der Waals surface area (Å²) in [4.78, 5) is 25.1. The van der Waals surface area contributed by atoms with E-state index in [1.807, 2.05) is 0 Å². The molecule has 1 aromatic carbocycles. The fourth-order valence-corrected chi connectivity index (χ4v) is 3.03. The van der Waals surface area contributed by atoms with Gasteiger partial charge in [-0.15, -0.1) is 0 Å². The minimum Gasteiger partial charge on any atom is -0.491 e. The highest BCUT2D eigenvalue weighted by Crippen LogP contribution is 2.18. The molecule has 0 fully saturated rings. The van der Waals surface area contributed by atoms with Crippen LogP contribution in [-0.4, -0.2) is 51.8 Å². The van der Waals surface area contributed by atoms with Gasteiger partial charge in [0.25, 0.3) is 0 Å². The zero-order valence-electron chi connectivity index (χ0n) is 17.9. The van der Waals surface area contributed by atoms with Crippen LogP contribution in [0.2, 0.25) is 0 Å². The molecule has 0 bridgehead atoms. The number of nitrogens with one attached hydrogen (secondary N) is 1. The standard InChI is InChI=1S/C21H26F2N2O6/c1-28-17(29-2)12-25-11-14(19(26)20(30-3)18(25)21(27)31-4)7-8-24-10-13-5-6-15(22)9-16(13)23/h5-6,9,11,17,24H,7-8,10,12H2,1-4H3. The molecule has 0 aliphatic carbocycles. The second kappa shape index (κ2) is 11.5. The maximum Gasteiger partial charge on any atom is 0.358 e. The number of pyridine rings is 1. The van der Waals surface area contributed by atoms with E-state index in [1.54, 1.807) is 0 Å². The van der Waals surface area contributed by atoms with Crippen LogP contribution in [0.1, 0.15) is 21.6 Å². The number of ether oxygens (including phenoxy) is 4. The first-order chi connectivity index (χ1) is 14.9. The molecule has 0 saturated carbocycles. The van der Waals surface area contributed by atoms with Crippen LogP contribution in [0.3, 0.4) is 0 Å². The molecule has 0 amide bonds. The van der Waals surface area contributed by atoms with Crippen molar-refractivity contribution >= 4 is 5.97 Å². The average Bonchev–Trinajstić information content (AvgIpc) is 2.76. The van der Waals surface area contributed by atoms with Crippen LogP contribution in [0.5, 0.6) is 5.75 Å². The molecule has 2 rings (SSSR count). The zero-order chi connectivity index (χ0) is 23.0. The van der Waals surface area contributed by atoms with Gasteiger partial charge >= 0.3 is 5.97 Å². The van der Waals surface area contributed by atoms with Crippen LogP contribution in [0.4, 0.5) is 8.78 Å². The largest absolute Gasteiger partial charge is 0.491 e. The molecule has 8 nitrogen and oxygen atoms in total. The summed E-state index contributed by atoms with van der Waals surface area (Å²) < 4.78 is 48.6. The third kappa shape index (κ3) is 6.09. The molecule has 31 heavy (non-hydrogen) atoms. The first-order valence-corrected chi connectivity index (χ1v) is 9.45. The first-order valence-electron chi connectivity index (χ1n) is 9.45. The van der Waals surface area contributed by atoms with Gasteiger partial charge in [-0.3, -0.25) is 4.79 Å². The Morgan fingerprint density at radius 2 is 1.84 bits per heavy atom.